The van der Waals surface area contributed by atoms with E-state index in [-0.39, 0.29) is 17.7 Å². The molecule has 0 spiro atoms. The summed E-state index contributed by atoms with van der Waals surface area (Å²) >= 11 is 0. The lowest BCUT2D eigenvalue weighted by molar-refractivity contribution is 0.112. The SMILES string of the molecule is CC[C@@H](O)[C@@H](CNC)n1c2ccc(F)cc2c2cc(F)ccc21. The Morgan fingerprint density at radius 1 is 1.04 bits per heavy atom. The van der Waals surface area contributed by atoms with Gasteiger partial charge in [0.05, 0.1) is 12.1 Å². The number of fused-ring (bicyclic) bond motifs is 3. The number of nitrogens with one attached hydrogen (secondary N) is 1. The van der Waals surface area contributed by atoms with E-state index in [0.29, 0.717) is 23.7 Å². The average Bonchev–Trinajstić information content (AvgIpc) is 2.85. The number of rotatable bonds is 5. The van der Waals surface area contributed by atoms with Crippen LogP contribution in [0.25, 0.3) is 21.8 Å². The van der Waals surface area contributed by atoms with Crippen LogP contribution in [0.1, 0.15) is 19.4 Å². The number of aliphatic hydroxyl groups is 1. The van der Waals surface area contributed by atoms with Gasteiger partial charge in [0.25, 0.3) is 0 Å². The highest BCUT2D eigenvalue weighted by Crippen LogP contribution is 2.34. The summed E-state index contributed by atoms with van der Waals surface area (Å²) in [5.41, 5.74) is 1.58. The molecule has 1 aromatic heterocycles. The summed E-state index contributed by atoms with van der Waals surface area (Å²) in [5.74, 6) is -0.718. The van der Waals surface area contributed by atoms with Gasteiger partial charge >= 0.3 is 0 Å². The van der Waals surface area contributed by atoms with E-state index in [4.69, 9.17) is 0 Å². The van der Waals surface area contributed by atoms with E-state index in [0.717, 1.165) is 11.0 Å². The molecule has 5 heteroatoms. The molecule has 23 heavy (non-hydrogen) atoms. The highest BCUT2D eigenvalue weighted by atomic mass is 19.1. The van der Waals surface area contributed by atoms with Crippen LogP contribution in [0.15, 0.2) is 36.4 Å². The molecule has 1 heterocycles. The van der Waals surface area contributed by atoms with Gasteiger partial charge in [0.1, 0.15) is 11.6 Å². The fourth-order valence-electron chi connectivity index (χ4n) is 3.24. The van der Waals surface area contributed by atoms with Crippen molar-refractivity contribution in [2.45, 2.75) is 25.5 Å². The fourth-order valence-corrected chi connectivity index (χ4v) is 3.24. The van der Waals surface area contributed by atoms with Crippen molar-refractivity contribution < 1.29 is 13.9 Å². The second kappa shape index (κ2) is 6.26. The van der Waals surface area contributed by atoms with E-state index in [2.05, 4.69) is 5.32 Å². The standard InChI is InChI=1S/C18H20F2N2O/c1-3-18(23)17(10-21-2)22-15-6-4-11(19)8-13(15)14-9-12(20)5-7-16(14)22/h4-9,17-18,21,23H,3,10H2,1-2H3/t17-,18-/m1/s1. The monoisotopic (exact) mass is 318 g/mol. The first-order valence-electron chi connectivity index (χ1n) is 7.78. The molecule has 2 atom stereocenters. The number of nitrogens with zero attached hydrogens (tertiary/aromatic N) is 1. The molecular formula is C18H20F2N2O. The van der Waals surface area contributed by atoms with Crippen molar-refractivity contribution in [1.29, 1.82) is 0 Å². The maximum Gasteiger partial charge on any atom is 0.123 e. The molecule has 0 bridgehead atoms. The van der Waals surface area contributed by atoms with Gasteiger partial charge in [0.15, 0.2) is 0 Å². The van der Waals surface area contributed by atoms with Gasteiger partial charge in [0.2, 0.25) is 0 Å². The van der Waals surface area contributed by atoms with Crippen LogP contribution in [0.4, 0.5) is 8.78 Å². The summed E-state index contributed by atoms with van der Waals surface area (Å²) in [6, 6.07) is 8.78. The first kappa shape index (κ1) is 15.9. The molecule has 2 aromatic carbocycles. The highest BCUT2D eigenvalue weighted by Gasteiger charge is 2.23. The Kier molecular flexibility index (Phi) is 4.33. The zero-order valence-corrected chi connectivity index (χ0v) is 13.2. The molecule has 0 fully saturated rings. The molecule has 3 aromatic rings. The highest BCUT2D eigenvalue weighted by molar-refractivity contribution is 6.08. The van der Waals surface area contributed by atoms with Gasteiger partial charge in [-0.15, -0.1) is 0 Å². The molecule has 0 aliphatic heterocycles. The Bertz CT molecular complexity index is 785. The van der Waals surface area contributed by atoms with E-state index in [1.54, 1.807) is 12.1 Å². The third-order valence-electron chi connectivity index (χ3n) is 4.33. The Labute approximate surface area is 133 Å². The van der Waals surface area contributed by atoms with Crippen LogP contribution in [0, 0.1) is 11.6 Å². The van der Waals surface area contributed by atoms with Crippen molar-refractivity contribution in [2.24, 2.45) is 0 Å². The van der Waals surface area contributed by atoms with Gasteiger partial charge < -0.3 is 15.0 Å². The van der Waals surface area contributed by atoms with Crippen LogP contribution in [0.2, 0.25) is 0 Å². The van der Waals surface area contributed by atoms with Gasteiger partial charge in [-0.1, -0.05) is 6.92 Å². The van der Waals surface area contributed by atoms with E-state index in [9.17, 15) is 13.9 Å². The molecule has 0 radical (unpaired) electrons. The molecule has 0 aliphatic rings. The number of aliphatic hydroxyl groups excluding tert-OH is 1. The van der Waals surface area contributed by atoms with Crippen LogP contribution in [0.5, 0.6) is 0 Å². The summed E-state index contributed by atoms with van der Waals surface area (Å²) in [6.07, 6.45) is 0.0342. The molecule has 0 amide bonds. The van der Waals surface area contributed by atoms with Gasteiger partial charge in [-0.05, 0) is 49.9 Å². The first-order valence-corrected chi connectivity index (χ1v) is 7.78. The molecule has 0 saturated heterocycles. The Morgan fingerprint density at radius 2 is 1.57 bits per heavy atom. The molecule has 3 rings (SSSR count). The molecule has 0 saturated carbocycles. The van der Waals surface area contributed by atoms with Gasteiger partial charge in [0, 0.05) is 28.4 Å². The van der Waals surface area contributed by atoms with Gasteiger partial charge in [-0.2, -0.15) is 0 Å². The van der Waals surface area contributed by atoms with Gasteiger partial charge in [-0.3, -0.25) is 0 Å². The Morgan fingerprint density at radius 3 is 2.00 bits per heavy atom. The van der Waals surface area contributed by atoms with Crippen molar-refractivity contribution >= 4 is 21.8 Å². The predicted molar refractivity (Wildman–Crippen MR) is 88.6 cm³/mol. The second-order valence-electron chi connectivity index (χ2n) is 5.79. The number of aromatic nitrogens is 1. The lowest BCUT2D eigenvalue weighted by Crippen LogP contribution is -2.32. The number of benzene rings is 2. The summed E-state index contributed by atoms with van der Waals surface area (Å²) in [7, 11) is 1.82. The van der Waals surface area contributed by atoms with E-state index >= 15 is 0 Å². The fraction of sp³-hybridized carbons (Fsp3) is 0.333. The van der Waals surface area contributed by atoms with Crippen molar-refractivity contribution in [3.63, 3.8) is 0 Å². The quantitative estimate of drug-likeness (QED) is 0.754. The van der Waals surface area contributed by atoms with Crippen molar-refractivity contribution in [3.05, 3.63) is 48.0 Å². The van der Waals surface area contributed by atoms with Crippen molar-refractivity contribution in [1.82, 2.24) is 9.88 Å². The topological polar surface area (TPSA) is 37.2 Å². The van der Waals surface area contributed by atoms with Gasteiger partial charge in [-0.25, -0.2) is 8.78 Å². The summed E-state index contributed by atoms with van der Waals surface area (Å²) in [4.78, 5) is 0. The summed E-state index contributed by atoms with van der Waals surface area (Å²) in [5, 5.41) is 14.8. The second-order valence-corrected chi connectivity index (χ2v) is 5.79. The molecular weight excluding hydrogens is 298 g/mol. The van der Waals surface area contributed by atoms with Crippen LogP contribution < -0.4 is 5.32 Å². The lowest BCUT2D eigenvalue weighted by atomic mass is 10.1. The average molecular weight is 318 g/mol. The summed E-state index contributed by atoms with van der Waals surface area (Å²) in [6.45, 7) is 2.48. The minimum Gasteiger partial charge on any atom is -0.391 e. The Balaban J connectivity index is 2.36. The lowest BCUT2D eigenvalue weighted by Gasteiger charge is -2.25. The molecule has 2 N–H and O–H groups in total. The maximum atomic E-state index is 13.7. The molecule has 0 aliphatic carbocycles. The maximum absolute atomic E-state index is 13.7. The summed E-state index contributed by atoms with van der Waals surface area (Å²) < 4.78 is 29.3. The minimum absolute atomic E-state index is 0.221. The van der Waals surface area contributed by atoms with Crippen molar-refractivity contribution in [3.8, 4) is 0 Å². The minimum atomic E-state index is -0.559. The largest absolute Gasteiger partial charge is 0.391 e. The normalized spacial score (nSPS) is 14.5. The number of likely N-dealkylation sites (N-methyl/N-ethyl adjacent to an activating group) is 1. The van der Waals surface area contributed by atoms with Crippen LogP contribution >= 0.6 is 0 Å². The number of halogens is 2. The first-order chi connectivity index (χ1) is 11.1. The smallest absolute Gasteiger partial charge is 0.123 e. The third kappa shape index (κ3) is 2.71. The van der Waals surface area contributed by atoms with Crippen LogP contribution in [-0.2, 0) is 0 Å². The van der Waals surface area contributed by atoms with Crippen LogP contribution in [-0.4, -0.2) is 29.4 Å². The number of hydrogen-bond donors (Lipinski definition) is 2. The zero-order valence-electron chi connectivity index (χ0n) is 13.2. The van der Waals surface area contributed by atoms with Crippen LogP contribution in [0.3, 0.4) is 0 Å². The predicted octanol–water partition coefficient (Wildman–Crippen LogP) is 3.60. The van der Waals surface area contributed by atoms with E-state index in [1.165, 1.54) is 24.3 Å². The van der Waals surface area contributed by atoms with E-state index in [1.807, 2.05) is 18.5 Å². The van der Waals surface area contributed by atoms with Crippen molar-refractivity contribution in [2.75, 3.05) is 13.6 Å². The third-order valence-corrected chi connectivity index (χ3v) is 4.33. The molecule has 0 unspecified atom stereocenters. The molecule has 122 valence electrons. The molecule has 3 nitrogen and oxygen atoms in total. The number of hydrogen-bond acceptors (Lipinski definition) is 2. The zero-order chi connectivity index (χ0) is 16.6. The van der Waals surface area contributed by atoms with E-state index < -0.39 is 6.10 Å². The Hall–Kier alpha value is -1.98.